The molecule has 1 aromatic heterocycles. The smallest absolute Gasteiger partial charge is 0.0541 e. The Morgan fingerprint density at radius 2 is 0.944 bits per heavy atom. The zero-order valence-electron chi connectivity index (χ0n) is 21.3. The summed E-state index contributed by atoms with van der Waals surface area (Å²) >= 11 is 0. The van der Waals surface area contributed by atoms with Gasteiger partial charge in [0.15, 0.2) is 0 Å². The topological polar surface area (TPSA) is 8.17 Å². The van der Waals surface area contributed by atoms with Crippen LogP contribution in [0.5, 0.6) is 0 Å². The Labute approximate surface area is 213 Å². The standard InChI is InChI=1S/C34H30N2/c1-23-16-18-29(20-25(23)3)35(30-19-17-24(2)26(4)21-30)27-10-9-11-28(22-27)36-33-14-7-5-12-31(33)32-13-6-8-15-34(32)36/h5-22H,1-4H3. The number of rotatable bonds is 4. The number of aromatic nitrogens is 1. The number of aryl methyl sites for hydroxylation is 4. The van der Waals surface area contributed by atoms with Crippen molar-refractivity contribution in [3.05, 3.63) is 131 Å². The second-order valence-electron chi connectivity index (χ2n) is 9.76. The molecule has 0 aliphatic rings. The zero-order valence-corrected chi connectivity index (χ0v) is 21.3. The summed E-state index contributed by atoms with van der Waals surface area (Å²) in [6, 6.07) is 39.7. The number of nitrogens with zero attached hydrogens (tertiary/aromatic N) is 2. The highest BCUT2D eigenvalue weighted by Gasteiger charge is 2.17. The van der Waals surface area contributed by atoms with Crippen molar-refractivity contribution in [2.75, 3.05) is 4.90 Å². The summed E-state index contributed by atoms with van der Waals surface area (Å²) in [6.45, 7) is 8.71. The van der Waals surface area contributed by atoms with Gasteiger partial charge in [0.2, 0.25) is 0 Å². The maximum atomic E-state index is 2.38. The molecular formula is C34H30N2. The lowest BCUT2D eigenvalue weighted by molar-refractivity contribution is 1.17. The third kappa shape index (κ3) is 3.67. The first kappa shape index (κ1) is 22.2. The molecule has 0 bridgehead atoms. The fourth-order valence-electron chi connectivity index (χ4n) is 5.15. The monoisotopic (exact) mass is 466 g/mol. The SMILES string of the molecule is Cc1ccc(N(c2cccc(-n3c4ccccc4c4ccccc43)c2)c2ccc(C)c(C)c2)cc1C. The minimum absolute atomic E-state index is 1.14. The molecule has 0 N–H and O–H groups in total. The first-order valence-corrected chi connectivity index (χ1v) is 12.5. The Hall–Kier alpha value is -4.30. The van der Waals surface area contributed by atoms with Crippen molar-refractivity contribution < 1.29 is 0 Å². The van der Waals surface area contributed by atoms with Crippen molar-refractivity contribution in [2.24, 2.45) is 0 Å². The molecule has 6 aromatic rings. The fraction of sp³-hybridized carbons (Fsp3) is 0.118. The van der Waals surface area contributed by atoms with Crippen molar-refractivity contribution in [2.45, 2.75) is 27.7 Å². The van der Waals surface area contributed by atoms with Crippen LogP contribution in [0.25, 0.3) is 27.5 Å². The quantitative estimate of drug-likeness (QED) is 0.251. The van der Waals surface area contributed by atoms with Gasteiger partial charge < -0.3 is 9.47 Å². The molecule has 0 amide bonds. The van der Waals surface area contributed by atoms with Gasteiger partial charge in [0.1, 0.15) is 0 Å². The van der Waals surface area contributed by atoms with Crippen LogP contribution >= 0.6 is 0 Å². The van der Waals surface area contributed by atoms with E-state index in [0.717, 1.165) is 11.4 Å². The summed E-state index contributed by atoms with van der Waals surface area (Å²) in [5.41, 5.74) is 12.3. The van der Waals surface area contributed by atoms with Gasteiger partial charge in [0.25, 0.3) is 0 Å². The van der Waals surface area contributed by atoms with E-state index in [9.17, 15) is 0 Å². The molecule has 2 heteroatoms. The van der Waals surface area contributed by atoms with Gasteiger partial charge in [-0.25, -0.2) is 0 Å². The minimum atomic E-state index is 1.14. The lowest BCUT2D eigenvalue weighted by Crippen LogP contribution is -2.11. The Balaban J connectivity index is 1.59. The van der Waals surface area contributed by atoms with E-state index in [1.807, 2.05) is 0 Å². The molecule has 36 heavy (non-hydrogen) atoms. The summed E-state index contributed by atoms with van der Waals surface area (Å²) in [5, 5.41) is 2.55. The van der Waals surface area contributed by atoms with Crippen LogP contribution in [0, 0.1) is 27.7 Å². The van der Waals surface area contributed by atoms with Crippen LogP contribution in [0.2, 0.25) is 0 Å². The van der Waals surface area contributed by atoms with Crippen molar-refractivity contribution >= 4 is 38.9 Å². The lowest BCUT2D eigenvalue weighted by Gasteiger charge is -2.27. The van der Waals surface area contributed by atoms with Crippen molar-refractivity contribution in [1.82, 2.24) is 4.57 Å². The maximum absolute atomic E-state index is 2.38. The van der Waals surface area contributed by atoms with Gasteiger partial charge in [-0.15, -0.1) is 0 Å². The molecule has 176 valence electrons. The maximum Gasteiger partial charge on any atom is 0.0541 e. The Morgan fingerprint density at radius 3 is 1.47 bits per heavy atom. The average molecular weight is 467 g/mol. The number of fused-ring (bicyclic) bond motifs is 3. The first-order valence-electron chi connectivity index (χ1n) is 12.5. The molecule has 0 aliphatic heterocycles. The van der Waals surface area contributed by atoms with Gasteiger partial charge in [-0.2, -0.15) is 0 Å². The second kappa shape index (κ2) is 8.73. The molecule has 0 unspecified atom stereocenters. The molecule has 6 rings (SSSR count). The third-order valence-electron chi connectivity index (χ3n) is 7.42. The summed E-state index contributed by atoms with van der Waals surface area (Å²) in [4.78, 5) is 2.37. The van der Waals surface area contributed by atoms with Gasteiger partial charge in [0.05, 0.1) is 11.0 Å². The van der Waals surface area contributed by atoms with E-state index < -0.39 is 0 Å². The van der Waals surface area contributed by atoms with E-state index in [2.05, 4.69) is 146 Å². The van der Waals surface area contributed by atoms with Crippen LogP contribution in [0.15, 0.2) is 109 Å². The van der Waals surface area contributed by atoms with Crippen molar-refractivity contribution in [3.63, 3.8) is 0 Å². The van der Waals surface area contributed by atoms with E-state index in [4.69, 9.17) is 0 Å². The van der Waals surface area contributed by atoms with Crippen LogP contribution in [0.3, 0.4) is 0 Å². The number of para-hydroxylation sites is 2. The summed E-state index contributed by atoms with van der Waals surface area (Å²) in [5.74, 6) is 0. The highest BCUT2D eigenvalue weighted by Crippen LogP contribution is 2.38. The molecule has 0 aliphatic carbocycles. The van der Waals surface area contributed by atoms with Gasteiger partial charge in [-0.1, -0.05) is 54.6 Å². The Morgan fingerprint density at radius 1 is 0.444 bits per heavy atom. The van der Waals surface area contributed by atoms with Crippen LogP contribution in [0.1, 0.15) is 22.3 Å². The van der Waals surface area contributed by atoms with E-state index in [1.54, 1.807) is 0 Å². The summed E-state index contributed by atoms with van der Waals surface area (Å²) in [7, 11) is 0. The largest absolute Gasteiger partial charge is 0.310 e. The molecular weight excluding hydrogens is 436 g/mol. The predicted molar refractivity (Wildman–Crippen MR) is 154 cm³/mol. The highest BCUT2D eigenvalue weighted by molar-refractivity contribution is 6.09. The molecule has 1 heterocycles. The van der Waals surface area contributed by atoms with Gasteiger partial charge >= 0.3 is 0 Å². The number of hydrogen-bond acceptors (Lipinski definition) is 1. The van der Waals surface area contributed by atoms with Gasteiger partial charge in [0, 0.05) is 33.5 Å². The summed E-state index contributed by atoms with van der Waals surface area (Å²) in [6.07, 6.45) is 0. The molecule has 2 nitrogen and oxygen atoms in total. The number of anilines is 3. The Kier molecular flexibility index (Phi) is 5.38. The molecule has 5 aromatic carbocycles. The third-order valence-corrected chi connectivity index (χ3v) is 7.42. The van der Waals surface area contributed by atoms with Crippen LogP contribution in [-0.4, -0.2) is 4.57 Å². The fourth-order valence-corrected chi connectivity index (χ4v) is 5.15. The molecule has 0 saturated heterocycles. The van der Waals surface area contributed by atoms with E-state index in [0.29, 0.717) is 0 Å². The second-order valence-corrected chi connectivity index (χ2v) is 9.76. The zero-order chi connectivity index (χ0) is 24.8. The van der Waals surface area contributed by atoms with E-state index in [-0.39, 0.29) is 0 Å². The predicted octanol–water partition coefficient (Wildman–Crippen LogP) is 9.49. The summed E-state index contributed by atoms with van der Waals surface area (Å²) < 4.78 is 2.38. The number of hydrogen-bond donors (Lipinski definition) is 0. The van der Waals surface area contributed by atoms with Crippen LogP contribution in [0.4, 0.5) is 17.1 Å². The normalized spacial score (nSPS) is 11.3. The Bertz CT molecular complexity index is 1630. The van der Waals surface area contributed by atoms with Crippen LogP contribution < -0.4 is 4.90 Å². The molecule has 0 atom stereocenters. The van der Waals surface area contributed by atoms with Crippen molar-refractivity contribution in [3.8, 4) is 5.69 Å². The van der Waals surface area contributed by atoms with Gasteiger partial charge in [-0.3, -0.25) is 0 Å². The van der Waals surface area contributed by atoms with E-state index >= 15 is 0 Å². The molecule has 0 spiro atoms. The average Bonchev–Trinajstić information content (AvgIpc) is 3.23. The first-order chi connectivity index (χ1) is 17.5. The molecule has 0 saturated carbocycles. The lowest BCUT2D eigenvalue weighted by atomic mass is 10.1. The number of benzene rings is 5. The molecule has 0 fully saturated rings. The highest BCUT2D eigenvalue weighted by atomic mass is 15.1. The molecule has 0 radical (unpaired) electrons. The minimum Gasteiger partial charge on any atom is -0.310 e. The van der Waals surface area contributed by atoms with Gasteiger partial charge in [-0.05, 0) is 105 Å². The van der Waals surface area contributed by atoms with Crippen LogP contribution in [-0.2, 0) is 0 Å². The van der Waals surface area contributed by atoms with Crippen molar-refractivity contribution in [1.29, 1.82) is 0 Å². The van der Waals surface area contributed by atoms with E-state index in [1.165, 1.54) is 55.4 Å².